The molecule has 2 heterocycles. The number of likely N-dealkylation sites (tertiary alicyclic amines) is 1. The molecule has 1 aromatic carbocycles. The normalized spacial score (nSPS) is 18.1. The van der Waals surface area contributed by atoms with E-state index in [0.29, 0.717) is 12.8 Å². The van der Waals surface area contributed by atoms with Crippen molar-refractivity contribution in [2.75, 3.05) is 6.54 Å². The molecule has 10 nitrogen and oxygen atoms in total. The number of aliphatic hydroxyl groups is 1. The molecule has 11 heteroatoms. The van der Waals surface area contributed by atoms with Crippen molar-refractivity contribution >= 4 is 35.0 Å². The molecule has 2 aromatic rings. The highest BCUT2D eigenvalue weighted by Crippen LogP contribution is 2.29. The standard InChI is InChI=1S/C33H48N4O6S/c1-21(23-14-16-24(17-15-23)29-22(2)34-20-44-29)35-31(42)26-18-25(38)19-37(26)32(43)30(33(3,4)5)36-27(39)12-10-8-6-7-9-11-13-28(40)41/h14-17,20-21,25-26,30,38H,6-13,18-19H2,1-5H3,(H,35,42)(H,36,39)(H,40,41)/t21-,25+,26-,30+/m0/s1. The number of hydrogen-bond acceptors (Lipinski definition) is 7. The minimum atomic E-state index is -0.855. The smallest absolute Gasteiger partial charge is 0.303 e. The molecule has 0 saturated carbocycles. The van der Waals surface area contributed by atoms with Crippen molar-refractivity contribution in [3.05, 3.63) is 41.0 Å². The second kappa shape index (κ2) is 16.1. The summed E-state index contributed by atoms with van der Waals surface area (Å²) >= 11 is 1.58. The van der Waals surface area contributed by atoms with Crippen molar-refractivity contribution in [2.45, 2.75) is 117 Å². The van der Waals surface area contributed by atoms with Crippen LogP contribution in [-0.4, -0.2) is 68.5 Å². The fraction of sp³-hybridized carbons (Fsp3) is 0.606. The van der Waals surface area contributed by atoms with E-state index in [1.54, 1.807) is 11.3 Å². The van der Waals surface area contributed by atoms with Gasteiger partial charge in [0, 0.05) is 25.8 Å². The third-order valence-corrected chi connectivity index (χ3v) is 9.08. The molecule has 1 saturated heterocycles. The maximum Gasteiger partial charge on any atom is 0.303 e. The van der Waals surface area contributed by atoms with E-state index in [4.69, 9.17) is 5.11 Å². The lowest BCUT2D eigenvalue weighted by Crippen LogP contribution is -2.57. The summed E-state index contributed by atoms with van der Waals surface area (Å²) in [7, 11) is 0. The number of β-amino-alcohol motifs (C(OH)–C–C–N with tert-alkyl or cyclic N) is 1. The maximum absolute atomic E-state index is 13.8. The van der Waals surface area contributed by atoms with Crippen LogP contribution in [0.15, 0.2) is 29.8 Å². The van der Waals surface area contributed by atoms with E-state index in [9.17, 15) is 24.3 Å². The summed E-state index contributed by atoms with van der Waals surface area (Å²) in [5.74, 6) is -1.72. The van der Waals surface area contributed by atoms with Crippen LogP contribution < -0.4 is 10.6 Å². The Balaban J connectivity index is 1.57. The van der Waals surface area contributed by atoms with E-state index in [-0.39, 0.29) is 49.6 Å². The van der Waals surface area contributed by atoms with E-state index in [2.05, 4.69) is 15.6 Å². The largest absolute Gasteiger partial charge is 0.481 e. The quantitative estimate of drug-likeness (QED) is 0.203. The molecule has 3 rings (SSSR count). The lowest BCUT2D eigenvalue weighted by molar-refractivity contribution is -0.144. The fourth-order valence-electron chi connectivity index (χ4n) is 5.52. The van der Waals surface area contributed by atoms with Gasteiger partial charge in [-0.2, -0.15) is 0 Å². The molecular weight excluding hydrogens is 580 g/mol. The summed E-state index contributed by atoms with van der Waals surface area (Å²) in [5, 5.41) is 25.1. The van der Waals surface area contributed by atoms with Gasteiger partial charge in [-0.3, -0.25) is 19.2 Å². The Kier molecular flexibility index (Phi) is 12.9. The highest BCUT2D eigenvalue weighted by molar-refractivity contribution is 7.13. The minimum Gasteiger partial charge on any atom is -0.481 e. The van der Waals surface area contributed by atoms with E-state index in [1.807, 2.05) is 64.4 Å². The van der Waals surface area contributed by atoms with Crippen molar-refractivity contribution in [1.82, 2.24) is 20.5 Å². The molecule has 0 unspecified atom stereocenters. The van der Waals surface area contributed by atoms with Crippen LogP contribution in [-0.2, 0) is 19.2 Å². The number of rotatable bonds is 15. The number of amides is 3. The van der Waals surface area contributed by atoms with Gasteiger partial charge in [-0.1, -0.05) is 70.7 Å². The van der Waals surface area contributed by atoms with Crippen molar-refractivity contribution < 1.29 is 29.4 Å². The number of benzene rings is 1. The molecule has 1 aliphatic heterocycles. The molecule has 0 aliphatic carbocycles. The molecule has 1 aromatic heterocycles. The van der Waals surface area contributed by atoms with Gasteiger partial charge < -0.3 is 25.7 Å². The summed E-state index contributed by atoms with van der Waals surface area (Å²) in [6, 6.07) is 5.93. The first kappa shape index (κ1) is 35.2. The molecule has 242 valence electrons. The number of thiazole rings is 1. The van der Waals surface area contributed by atoms with Crippen molar-refractivity contribution in [2.24, 2.45) is 5.41 Å². The molecule has 1 aliphatic rings. The van der Waals surface area contributed by atoms with Crippen molar-refractivity contribution in [3.8, 4) is 10.4 Å². The van der Waals surface area contributed by atoms with E-state index >= 15 is 0 Å². The van der Waals surface area contributed by atoms with Crippen LogP contribution in [0.3, 0.4) is 0 Å². The molecule has 0 spiro atoms. The molecular formula is C33H48N4O6S. The molecule has 0 radical (unpaired) electrons. The number of carbonyl (C=O) groups excluding carboxylic acids is 3. The van der Waals surface area contributed by atoms with Gasteiger partial charge >= 0.3 is 5.97 Å². The average Bonchev–Trinajstić information content (AvgIpc) is 3.57. The van der Waals surface area contributed by atoms with Crippen molar-refractivity contribution in [3.63, 3.8) is 0 Å². The molecule has 3 amide bonds. The first-order chi connectivity index (χ1) is 20.8. The number of unbranched alkanes of at least 4 members (excludes halogenated alkanes) is 5. The third-order valence-electron chi connectivity index (χ3n) is 8.10. The van der Waals surface area contributed by atoms with Crippen LogP contribution in [0.2, 0.25) is 0 Å². The number of nitrogens with zero attached hydrogens (tertiary/aromatic N) is 2. The summed E-state index contributed by atoms with van der Waals surface area (Å²) in [5.41, 5.74) is 4.15. The lowest BCUT2D eigenvalue weighted by atomic mass is 9.85. The number of carbonyl (C=O) groups is 4. The van der Waals surface area contributed by atoms with Gasteiger partial charge in [0.05, 0.1) is 28.2 Å². The zero-order chi connectivity index (χ0) is 32.4. The topological polar surface area (TPSA) is 149 Å². The highest BCUT2D eigenvalue weighted by Gasteiger charge is 2.44. The van der Waals surface area contributed by atoms with E-state index < -0.39 is 29.6 Å². The number of carboxylic acids is 1. The molecule has 0 bridgehead atoms. The van der Waals surface area contributed by atoms with Crippen LogP contribution in [0.25, 0.3) is 10.4 Å². The van der Waals surface area contributed by atoms with Gasteiger partial charge in [-0.05, 0) is 43.2 Å². The first-order valence-corrected chi connectivity index (χ1v) is 16.5. The summed E-state index contributed by atoms with van der Waals surface area (Å²) in [6.07, 6.45) is 4.64. The Hall–Kier alpha value is -3.31. The van der Waals surface area contributed by atoms with Gasteiger partial charge in [0.25, 0.3) is 0 Å². The van der Waals surface area contributed by atoms with Gasteiger partial charge in [-0.25, -0.2) is 4.98 Å². The number of aliphatic hydroxyl groups excluding tert-OH is 1. The zero-order valence-electron chi connectivity index (χ0n) is 26.6. The second-order valence-electron chi connectivity index (χ2n) is 12.9. The second-order valence-corrected chi connectivity index (χ2v) is 13.8. The molecule has 1 fully saturated rings. The van der Waals surface area contributed by atoms with Gasteiger partial charge in [-0.15, -0.1) is 11.3 Å². The third kappa shape index (κ3) is 10.1. The molecule has 4 N–H and O–H groups in total. The number of carboxylic acid groups (broad SMARTS) is 1. The summed E-state index contributed by atoms with van der Waals surface area (Å²) in [6.45, 7) is 9.49. The van der Waals surface area contributed by atoms with E-state index in [0.717, 1.165) is 47.4 Å². The van der Waals surface area contributed by atoms with Crippen LogP contribution in [0.5, 0.6) is 0 Å². The first-order valence-electron chi connectivity index (χ1n) is 15.6. The van der Waals surface area contributed by atoms with Crippen LogP contribution >= 0.6 is 11.3 Å². The Morgan fingerprint density at radius 2 is 1.61 bits per heavy atom. The SMILES string of the molecule is Cc1ncsc1-c1ccc([C@H](C)NC(=O)[C@@H]2C[C@@H](O)CN2C(=O)[C@@H](NC(=O)CCCCCCCCC(=O)O)C(C)(C)C)cc1. The monoisotopic (exact) mass is 628 g/mol. The van der Waals surface area contributed by atoms with Gasteiger partial charge in [0.2, 0.25) is 17.7 Å². The molecule has 44 heavy (non-hydrogen) atoms. The van der Waals surface area contributed by atoms with E-state index in [1.165, 1.54) is 4.90 Å². The lowest BCUT2D eigenvalue weighted by Gasteiger charge is -2.35. The van der Waals surface area contributed by atoms with Crippen LogP contribution in [0, 0.1) is 12.3 Å². The number of aryl methyl sites for hydroxylation is 1. The van der Waals surface area contributed by atoms with Crippen LogP contribution in [0.4, 0.5) is 0 Å². The predicted octanol–water partition coefficient (Wildman–Crippen LogP) is 4.99. The van der Waals surface area contributed by atoms with Gasteiger partial charge in [0.1, 0.15) is 12.1 Å². The number of nitrogens with one attached hydrogen (secondary N) is 2. The summed E-state index contributed by atoms with van der Waals surface area (Å²) < 4.78 is 0. The minimum absolute atomic E-state index is 0.0263. The Labute approximate surface area is 264 Å². The average molecular weight is 629 g/mol. The number of aliphatic carboxylic acids is 1. The Bertz CT molecular complexity index is 1270. The molecule has 4 atom stereocenters. The van der Waals surface area contributed by atoms with Crippen molar-refractivity contribution in [1.29, 1.82) is 0 Å². The Morgan fingerprint density at radius 3 is 2.18 bits per heavy atom. The maximum atomic E-state index is 13.8. The fourth-order valence-corrected chi connectivity index (χ4v) is 6.33. The zero-order valence-corrected chi connectivity index (χ0v) is 27.4. The summed E-state index contributed by atoms with van der Waals surface area (Å²) in [4.78, 5) is 57.5. The van der Waals surface area contributed by atoms with Crippen LogP contribution in [0.1, 0.15) is 103 Å². The predicted molar refractivity (Wildman–Crippen MR) is 171 cm³/mol. The van der Waals surface area contributed by atoms with Gasteiger partial charge in [0.15, 0.2) is 0 Å². The Morgan fingerprint density at radius 1 is 1.00 bits per heavy atom. The number of aromatic nitrogens is 1. The highest BCUT2D eigenvalue weighted by atomic mass is 32.1. The number of hydrogen-bond donors (Lipinski definition) is 4.